The van der Waals surface area contributed by atoms with E-state index in [2.05, 4.69) is 9.62 Å². The van der Waals surface area contributed by atoms with Crippen LogP contribution in [-0.4, -0.2) is 95.5 Å². The number of hydrogen-bond acceptors (Lipinski definition) is 5. The van der Waals surface area contributed by atoms with Gasteiger partial charge in [-0.1, -0.05) is 23.5 Å². The Morgan fingerprint density at radius 1 is 1.19 bits per heavy atom. The highest BCUT2D eigenvalue weighted by Crippen LogP contribution is 2.46. The molecule has 4 heterocycles. The first-order chi connectivity index (χ1) is 14.9. The SMILES string of the molecule is O=C1CO[C@H]2CCN(C(=O)N3CCC4(CC3)CN(SC3CCC(F)C=C3Cl)C4)C[C@H]2N1. The molecule has 0 radical (unpaired) electrons. The zero-order valence-corrected chi connectivity index (χ0v) is 19.2. The van der Waals surface area contributed by atoms with Crippen molar-refractivity contribution in [2.24, 2.45) is 5.41 Å². The summed E-state index contributed by atoms with van der Waals surface area (Å²) in [7, 11) is 0. The van der Waals surface area contributed by atoms with E-state index in [9.17, 15) is 14.0 Å². The summed E-state index contributed by atoms with van der Waals surface area (Å²) < 4.78 is 21.4. The molecule has 4 aliphatic heterocycles. The summed E-state index contributed by atoms with van der Waals surface area (Å²) in [6.07, 6.45) is 4.80. The maximum atomic E-state index is 13.4. The van der Waals surface area contributed by atoms with Crippen LogP contribution < -0.4 is 5.32 Å². The minimum Gasteiger partial charge on any atom is -0.366 e. The van der Waals surface area contributed by atoms with Gasteiger partial charge in [0.2, 0.25) is 5.91 Å². The molecule has 0 aromatic rings. The van der Waals surface area contributed by atoms with Crippen molar-refractivity contribution in [2.45, 2.75) is 55.7 Å². The van der Waals surface area contributed by atoms with Crippen molar-refractivity contribution >= 4 is 35.5 Å². The second kappa shape index (κ2) is 8.72. The summed E-state index contributed by atoms with van der Waals surface area (Å²) in [5, 5.41) is 3.79. The summed E-state index contributed by atoms with van der Waals surface area (Å²) >= 11 is 8.01. The second-order valence-corrected chi connectivity index (χ2v) is 11.3. The van der Waals surface area contributed by atoms with Crippen LogP contribution in [0.25, 0.3) is 0 Å². The van der Waals surface area contributed by atoms with Gasteiger partial charge < -0.3 is 19.9 Å². The quantitative estimate of drug-likeness (QED) is 0.625. The first-order valence-corrected chi connectivity index (χ1v) is 12.5. The fraction of sp³-hybridized carbons (Fsp3) is 0.810. The number of hydrogen-bond donors (Lipinski definition) is 1. The predicted octanol–water partition coefficient (Wildman–Crippen LogP) is 2.36. The lowest BCUT2D eigenvalue weighted by Gasteiger charge is -2.54. The van der Waals surface area contributed by atoms with Crippen molar-refractivity contribution in [3.63, 3.8) is 0 Å². The van der Waals surface area contributed by atoms with Gasteiger partial charge in [0, 0.05) is 49.7 Å². The Balaban J connectivity index is 1.08. The Morgan fingerprint density at radius 3 is 2.71 bits per heavy atom. The smallest absolute Gasteiger partial charge is 0.320 e. The van der Waals surface area contributed by atoms with Gasteiger partial charge in [-0.25, -0.2) is 13.5 Å². The first-order valence-electron chi connectivity index (χ1n) is 11.3. The number of piperidine rings is 2. The monoisotopic (exact) mass is 472 g/mol. The molecule has 0 bridgehead atoms. The molecule has 4 atom stereocenters. The lowest BCUT2D eigenvalue weighted by Crippen LogP contribution is -2.64. The molecule has 1 aliphatic carbocycles. The van der Waals surface area contributed by atoms with E-state index < -0.39 is 6.17 Å². The molecule has 2 unspecified atom stereocenters. The van der Waals surface area contributed by atoms with Gasteiger partial charge in [-0.2, -0.15) is 0 Å². The summed E-state index contributed by atoms with van der Waals surface area (Å²) in [6.45, 7) is 4.90. The number of carbonyl (C=O) groups is 2. The van der Waals surface area contributed by atoms with Crippen LogP contribution in [0.1, 0.15) is 32.1 Å². The Kier molecular flexibility index (Phi) is 6.13. The van der Waals surface area contributed by atoms with E-state index in [1.807, 2.05) is 9.80 Å². The molecule has 5 aliphatic rings. The summed E-state index contributed by atoms with van der Waals surface area (Å²) in [4.78, 5) is 28.5. The van der Waals surface area contributed by atoms with Crippen LogP contribution in [-0.2, 0) is 9.53 Å². The molecule has 5 rings (SSSR count). The number of rotatable bonds is 2. The molecule has 1 N–H and O–H groups in total. The molecule has 1 spiro atoms. The number of nitrogens with zero attached hydrogens (tertiary/aromatic N) is 3. The number of amides is 3. The molecule has 0 aromatic carbocycles. The molecule has 31 heavy (non-hydrogen) atoms. The third-order valence-corrected chi connectivity index (χ3v) is 9.16. The molecule has 0 saturated carbocycles. The van der Waals surface area contributed by atoms with E-state index in [1.54, 1.807) is 18.0 Å². The number of likely N-dealkylation sites (tertiary alicyclic amines) is 2. The third kappa shape index (κ3) is 4.56. The Hall–Kier alpha value is -1.03. The van der Waals surface area contributed by atoms with Crippen molar-refractivity contribution < 1.29 is 18.7 Å². The molecular weight excluding hydrogens is 443 g/mol. The van der Waals surface area contributed by atoms with Gasteiger partial charge in [-0.15, -0.1) is 0 Å². The van der Waals surface area contributed by atoms with Gasteiger partial charge in [-0.05, 0) is 38.2 Å². The van der Waals surface area contributed by atoms with E-state index in [0.29, 0.717) is 24.5 Å². The van der Waals surface area contributed by atoms with E-state index in [1.165, 1.54) is 0 Å². The summed E-state index contributed by atoms with van der Waals surface area (Å²) in [5.41, 5.74) is 0.287. The van der Waals surface area contributed by atoms with E-state index in [-0.39, 0.29) is 41.4 Å². The highest BCUT2D eigenvalue weighted by atomic mass is 35.5. The largest absolute Gasteiger partial charge is 0.366 e. The minimum atomic E-state index is -0.901. The van der Waals surface area contributed by atoms with Crippen molar-refractivity contribution in [1.29, 1.82) is 0 Å². The number of alkyl halides is 1. The molecule has 172 valence electrons. The molecule has 4 saturated heterocycles. The minimum absolute atomic E-state index is 0.0214. The van der Waals surface area contributed by atoms with Gasteiger partial charge in [0.1, 0.15) is 12.8 Å². The standard InChI is InChI=1S/C21H30ClFN4O3S/c22-15-9-14(23)1-2-18(15)31-27-12-21(13-27)4-7-25(8-5-21)20(29)26-6-3-17-16(10-26)24-19(28)11-30-17/h9,14,16-18H,1-8,10-13H2,(H,24,28)/t14?,16-,17+,18?/m1/s1. The average Bonchev–Trinajstić information content (AvgIpc) is 2.74. The van der Waals surface area contributed by atoms with Gasteiger partial charge >= 0.3 is 6.03 Å². The Labute approximate surface area is 191 Å². The van der Waals surface area contributed by atoms with Gasteiger partial charge in [0.15, 0.2) is 0 Å². The summed E-state index contributed by atoms with van der Waals surface area (Å²) in [5.74, 6) is -0.0996. The highest BCUT2D eigenvalue weighted by Gasteiger charge is 2.47. The van der Waals surface area contributed by atoms with Crippen molar-refractivity contribution in [3.8, 4) is 0 Å². The first kappa shape index (κ1) is 21.8. The second-order valence-electron chi connectivity index (χ2n) is 9.56. The zero-order valence-electron chi connectivity index (χ0n) is 17.6. The maximum Gasteiger partial charge on any atom is 0.320 e. The normalized spacial score (nSPS) is 35.8. The lowest BCUT2D eigenvalue weighted by atomic mass is 9.73. The number of carbonyl (C=O) groups excluding carboxylic acids is 2. The van der Waals surface area contributed by atoms with Crippen molar-refractivity contribution in [2.75, 3.05) is 45.9 Å². The van der Waals surface area contributed by atoms with Crippen molar-refractivity contribution in [1.82, 2.24) is 19.4 Å². The topological polar surface area (TPSA) is 65.1 Å². The predicted molar refractivity (Wildman–Crippen MR) is 118 cm³/mol. The average molecular weight is 473 g/mol. The number of allylic oxidation sites excluding steroid dienone is 1. The molecule has 0 aromatic heterocycles. The van der Waals surface area contributed by atoms with Crippen LogP contribution >= 0.6 is 23.5 Å². The molecule has 3 amide bonds. The maximum absolute atomic E-state index is 13.4. The molecule has 7 nitrogen and oxygen atoms in total. The molecule has 10 heteroatoms. The van der Waals surface area contributed by atoms with Crippen LogP contribution in [0.5, 0.6) is 0 Å². The molecular formula is C21H30ClFN4O3S. The van der Waals surface area contributed by atoms with E-state index in [4.69, 9.17) is 16.3 Å². The zero-order chi connectivity index (χ0) is 21.6. The van der Waals surface area contributed by atoms with E-state index >= 15 is 0 Å². The fourth-order valence-corrected chi connectivity index (χ4v) is 7.28. The van der Waals surface area contributed by atoms with Crippen molar-refractivity contribution in [3.05, 3.63) is 11.1 Å². The van der Waals surface area contributed by atoms with Crippen LogP contribution in [0.4, 0.5) is 9.18 Å². The number of ether oxygens (including phenoxy) is 1. The Morgan fingerprint density at radius 2 is 1.97 bits per heavy atom. The Bertz CT molecular complexity index is 755. The third-order valence-electron chi connectivity index (χ3n) is 7.34. The van der Waals surface area contributed by atoms with Crippen LogP contribution in [0.2, 0.25) is 0 Å². The number of halogens is 2. The summed E-state index contributed by atoms with van der Waals surface area (Å²) in [6, 6.07) is -0.0146. The van der Waals surface area contributed by atoms with Gasteiger partial charge in [0.05, 0.1) is 17.4 Å². The van der Waals surface area contributed by atoms with Crippen LogP contribution in [0.15, 0.2) is 11.1 Å². The number of fused-ring (bicyclic) bond motifs is 1. The fourth-order valence-electron chi connectivity index (χ4n) is 5.43. The molecule has 4 fully saturated rings. The number of urea groups is 1. The van der Waals surface area contributed by atoms with Gasteiger partial charge in [0.25, 0.3) is 0 Å². The van der Waals surface area contributed by atoms with Crippen LogP contribution in [0.3, 0.4) is 0 Å². The number of nitrogens with one attached hydrogen (secondary N) is 1. The van der Waals surface area contributed by atoms with Crippen LogP contribution in [0, 0.1) is 5.41 Å². The van der Waals surface area contributed by atoms with E-state index in [0.717, 1.165) is 51.9 Å². The lowest BCUT2D eigenvalue weighted by molar-refractivity contribution is -0.139. The van der Waals surface area contributed by atoms with Gasteiger partial charge in [-0.3, -0.25) is 4.79 Å². The number of morpholine rings is 1. The highest BCUT2D eigenvalue weighted by molar-refractivity contribution is 7.97.